The molecule has 3 aromatic rings. The van der Waals surface area contributed by atoms with Crippen molar-refractivity contribution >= 4 is 35.4 Å². The monoisotopic (exact) mass is 642 g/mol. The molecular weight excluding hydrogens is 605 g/mol. The van der Waals surface area contributed by atoms with Crippen LogP contribution in [-0.2, 0) is 14.3 Å². The van der Waals surface area contributed by atoms with Crippen LogP contribution in [0.3, 0.4) is 0 Å². The predicted molar refractivity (Wildman–Crippen MR) is 167 cm³/mol. The molecule has 0 aliphatic heterocycles. The summed E-state index contributed by atoms with van der Waals surface area (Å²) in [6.07, 6.45) is -1.18. The summed E-state index contributed by atoms with van der Waals surface area (Å²) in [5.74, 6) is -0.982. The minimum atomic E-state index is -4.14. The lowest BCUT2D eigenvalue weighted by atomic mass is 9.96. The Balaban J connectivity index is 1.38. The summed E-state index contributed by atoms with van der Waals surface area (Å²) in [6, 6.07) is 17.2. The number of anilines is 2. The molecule has 0 bridgehead atoms. The van der Waals surface area contributed by atoms with Gasteiger partial charge in [0.1, 0.15) is 11.5 Å². The summed E-state index contributed by atoms with van der Waals surface area (Å²) in [4.78, 5) is 37.1. The van der Waals surface area contributed by atoms with E-state index in [2.05, 4.69) is 0 Å². The van der Waals surface area contributed by atoms with Crippen molar-refractivity contribution in [2.75, 3.05) is 31.3 Å². The van der Waals surface area contributed by atoms with Gasteiger partial charge < -0.3 is 30.4 Å². The minimum absolute atomic E-state index is 0.00409. The fourth-order valence-electron chi connectivity index (χ4n) is 3.95. The van der Waals surface area contributed by atoms with Crippen LogP contribution in [0.5, 0.6) is 11.5 Å². The van der Waals surface area contributed by atoms with E-state index in [-0.39, 0.29) is 37.4 Å². The Morgan fingerprint density at radius 2 is 1.35 bits per heavy atom. The van der Waals surface area contributed by atoms with Gasteiger partial charge in [-0.1, -0.05) is 26.0 Å². The second-order valence-electron chi connectivity index (χ2n) is 11.3. The highest BCUT2D eigenvalue weighted by Crippen LogP contribution is 2.23. The Hall–Kier alpha value is -5.00. The van der Waals surface area contributed by atoms with Crippen molar-refractivity contribution in [1.29, 1.82) is 0 Å². The number of rotatable bonds is 15. The highest BCUT2D eigenvalue weighted by molar-refractivity contribution is 5.92. The van der Waals surface area contributed by atoms with Crippen molar-refractivity contribution in [1.82, 2.24) is 0 Å². The van der Waals surface area contributed by atoms with Crippen LogP contribution in [0.25, 0.3) is 6.08 Å². The summed E-state index contributed by atoms with van der Waals surface area (Å²) >= 11 is 0. The minimum Gasteiger partial charge on any atom is -0.494 e. The van der Waals surface area contributed by atoms with E-state index in [0.29, 0.717) is 41.3 Å². The van der Waals surface area contributed by atoms with Crippen molar-refractivity contribution < 1.29 is 46.5 Å². The molecule has 0 saturated carbocycles. The third-order valence-corrected chi connectivity index (χ3v) is 6.38. The number of halogens is 3. The second-order valence-corrected chi connectivity index (χ2v) is 11.3. The molecule has 3 aromatic carbocycles. The summed E-state index contributed by atoms with van der Waals surface area (Å²) < 4.78 is 58.1. The van der Waals surface area contributed by atoms with Crippen molar-refractivity contribution in [3.63, 3.8) is 0 Å². The van der Waals surface area contributed by atoms with E-state index in [4.69, 9.17) is 30.4 Å². The molecular formula is C34H37F3N2O7. The maximum Gasteiger partial charge on any atom is 0.389 e. The van der Waals surface area contributed by atoms with Crippen molar-refractivity contribution in [2.24, 2.45) is 5.41 Å². The first-order valence-electron chi connectivity index (χ1n) is 14.5. The Morgan fingerprint density at radius 3 is 1.98 bits per heavy atom. The fraction of sp³-hybridized carbons (Fsp3) is 0.324. The first-order valence-corrected chi connectivity index (χ1v) is 14.5. The van der Waals surface area contributed by atoms with Gasteiger partial charge in [0, 0.05) is 29.3 Å². The van der Waals surface area contributed by atoms with E-state index in [9.17, 15) is 27.6 Å². The van der Waals surface area contributed by atoms with Gasteiger partial charge in [-0.05, 0) is 85.5 Å². The van der Waals surface area contributed by atoms with Gasteiger partial charge in [0.05, 0.1) is 30.9 Å². The summed E-state index contributed by atoms with van der Waals surface area (Å²) in [7, 11) is 0. The smallest absolute Gasteiger partial charge is 0.389 e. The molecule has 46 heavy (non-hydrogen) atoms. The Morgan fingerprint density at radius 1 is 0.739 bits per heavy atom. The zero-order valence-electron chi connectivity index (χ0n) is 25.6. The molecule has 9 nitrogen and oxygen atoms in total. The lowest BCUT2D eigenvalue weighted by Gasteiger charge is -2.23. The van der Waals surface area contributed by atoms with Crippen LogP contribution in [-0.4, -0.2) is 43.9 Å². The number of hydrogen-bond acceptors (Lipinski definition) is 9. The van der Waals surface area contributed by atoms with E-state index in [1.165, 1.54) is 36.4 Å². The lowest BCUT2D eigenvalue weighted by Crippen LogP contribution is -2.28. The largest absolute Gasteiger partial charge is 0.494 e. The predicted octanol–water partition coefficient (Wildman–Crippen LogP) is 7.01. The molecule has 0 atom stereocenters. The van der Waals surface area contributed by atoms with Gasteiger partial charge in [-0.15, -0.1) is 0 Å². The van der Waals surface area contributed by atoms with Crippen LogP contribution in [0, 0.1) is 5.41 Å². The zero-order valence-corrected chi connectivity index (χ0v) is 25.6. The lowest BCUT2D eigenvalue weighted by molar-refractivity contribution is -0.141. The average Bonchev–Trinajstić information content (AvgIpc) is 2.99. The van der Waals surface area contributed by atoms with Gasteiger partial charge in [-0.3, -0.25) is 0 Å². The summed E-state index contributed by atoms with van der Waals surface area (Å²) in [5.41, 5.74) is 12.6. The van der Waals surface area contributed by atoms with Crippen LogP contribution < -0.4 is 20.9 Å². The molecule has 0 heterocycles. The molecule has 0 spiro atoms. The molecule has 0 aromatic heterocycles. The van der Waals surface area contributed by atoms with Gasteiger partial charge in [0.2, 0.25) is 0 Å². The highest BCUT2D eigenvalue weighted by Gasteiger charge is 2.26. The molecule has 4 N–H and O–H groups in total. The van der Waals surface area contributed by atoms with Crippen molar-refractivity contribution in [2.45, 2.75) is 45.7 Å². The van der Waals surface area contributed by atoms with Crippen LogP contribution in [0.2, 0.25) is 0 Å². The number of unbranched alkanes of at least 4 members (excludes halogenated alkanes) is 2. The van der Waals surface area contributed by atoms with Gasteiger partial charge in [0.15, 0.2) is 0 Å². The number of hydrogen-bond donors (Lipinski definition) is 2. The van der Waals surface area contributed by atoms with Crippen LogP contribution >= 0.6 is 0 Å². The SMILES string of the molecule is CC(C)(COC(=O)C=Cc1ccc(OC(=O)c2ccc(OCCCCCC(F)(F)F)cc2)cc1)COC(=O)c1cc(N)cc(N)c1. The van der Waals surface area contributed by atoms with E-state index in [0.717, 1.165) is 0 Å². The van der Waals surface area contributed by atoms with E-state index >= 15 is 0 Å². The number of nitrogens with two attached hydrogens (primary N) is 2. The normalized spacial score (nSPS) is 11.7. The highest BCUT2D eigenvalue weighted by atomic mass is 19.4. The average molecular weight is 643 g/mol. The molecule has 0 amide bonds. The summed E-state index contributed by atoms with van der Waals surface area (Å²) in [5, 5.41) is 0. The number of benzene rings is 3. The molecule has 246 valence electrons. The maximum atomic E-state index is 12.5. The number of carbonyl (C=O) groups is 3. The molecule has 0 unspecified atom stereocenters. The van der Waals surface area contributed by atoms with Gasteiger partial charge >= 0.3 is 24.1 Å². The number of alkyl halides is 3. The molecule has 0 aliphatic carbocycles. The van der Waals surface area contributed by atoms with E-state index in [1.807, 2.05) is 0 Å². The first-order chi connectivity index (χ1) is 21.7. The number of carbonyl (C=O) groups excluding carboxylic acids is 3. The van der Waals surface area contributed by atoms with Crippen LogP contribution in [0.15, 0.2) is 72.8 Å². The molecule has 12 heteroatoms. The Labute approximate surface area is 265 Å². The second kappa shape index (κ2) is 16.4. The third kappa shape index (κ3) is 12.9. The Bertz CT molecular complexity index is 1480. The summed E-state index contributed by atoms with van der Waals surface area (Å²) in [6.45, 7) is 3.83. The topological polar surface area (TPSA) is 140 Å². The molecule has 0 aliphatic rings. The Kier molecular flexibility index (Phi) is 12.6. The molecule has 0 radical (unpaired) electrons. The van der Waals surface area contributed by atoms with Gasteiger partial charge in [-0.2, -0.15) is 13.2 Å². The third-order valence-electron chi connectivity index (χ3n) is 6.38. The van der Waals surface area contributed by atoms with E-state index in [1.54, 1.807) is 56.3 Å². The number of ether oxygens (including phenoxy) is 4. The van der Waals surface area contributed by atoms with Gasteiger partial charge in [-0.25, -0.2) is 14.4 Å². The number of nitrogen functional groups attached to an aromatic ring is 2. The van der Waals surface area contributed by atoms with Crippen molar-refractivity contribution in [3.8, 4) is 11.5 Å². The van der Waals surface area contributed by atoms with Gasteiger partial charge in [0.25, 0.3) is 0 Å². The quantitative estimate of drug-likeness (QED) is 0.0589. The number of esters is 3. The van der Waals surface area contributed by atoms with E-state index < -0.39 is 35.9 Å². The standard InChI is InChI=1S/C34H37F3N2O7/c1-33(2,22-45-31(41)25-18-26(38)20-27(39)19-25)21-44-30(40)15-8-23-6-11-29(12-7-23)46-32(42)24-9-13-28(14-10-24)43-17-5-3-4-16-34(35,36)37/h6-15,18-20H,3-5,16-17,21-22,38-39H2,1-2H3. The first kappa shape index (κ1) is 35.5. The zero-order chi connectivity index (χ0) is 33.7. The maximum absolute atomic E-state index is 12.5. The molecule has 3 rings (SSSR count). The van der Waals surface area contributed by atoms with Crippen LogP contribution in [0.4, 0.5) is 24.5 Å². The molecule has 0 saturated heterocycles. The van der Waals surface area contributed by atoms with Crippen molar-refractivity contribution in [3.05, 3.63) is 89.5 Å². The van der Waals surface area contributed by atoms with Crippen LogP contribution in [0.1, 0.15) is 65.8 Å². The molecule has 0 fully saturated rings. The fourth-order valence-corrected chi connectivity index (χ4v) is 3.95.